The monoisotopic (exact) mass is 384 g/mol. The second-order valence-electron chi connectivity index (χ2n) is 6.16. The Hall–Kier alpha value is -2.11. The van der Waals surface area contributed by atoms with Gasteiger partial charge in [-0.05, 0) is 35.7 Å². The van der Waals surface area contributed by atoms with Crippen molar-refractivity contribution in [1.29, 1.82) is 0 Å². The van der Waals surface area contributed by atoms with Crippen molar-refractivity contribution in [3.8, 4) is 0 Å². The Morgan fingerprint density at radius 1 is 1.21 bits per heavy atom. The third kappa shape index (κ3) is 2.64. The van der Waals surface area contributed by atoms with Crippen LogP contribution in [0, 0.1) is 0 Å². The van der Waals surface area contributed by atoms with Gasteiger partial charge in [-0.1, -0.05) is 40.2 Å². The van der Waals surface area contributed by atoms with Crippen LogP contribution in [0.2, 0.25) is 0 Å². The predicted molar refractivity (Wildman–Crippen MR) is 96.9 cm³/mol. The first-order valence-corrected chi connectivity index (χ1v) is 8.73. The number of carboxylic acids is 1. The Bertz CT molecular complexity index is 919. The summed E-state index contributed by atoms with van der Waals surface area (Å²) in [5.74, 6) is -0.810. The molecule has 1 aromatic heterocycles. The normalized spacial score (nSPS) is 16.0. The first-order chi connectivity index (χ1) is 11.6. The summed E-state index contributed by atoms with van der Waals surface area (Å²) in [5, 5.41) is 10.9. The zero-order valence-electron chi connectivity index (χ0n) is 13.0. The Morgan fingerprint density at radius 2 is 2.00 bits per heavy atom. The molecule has 3 aromatic rings. The van der Waals surface area contributed by atoms with Crippen molar-refractivity contribution in [2.24, 2.45) is 0 Å². The average molecular weight is 385 g/mol. The molecule has 0 amide bonds. The van der Waals surface area contributed by atoms with Crippen LogP contribution in [0.3, 0.4) is 0 Å². The van der Waals surface area contributed by atoms with Crippen LogP contribution in [0.15, 0.2) is 53.1 Å². The minimum atomic E-state index is -0.810. The van der Waals surface area contributed by atoms with E-state index in [-0.39, 0.29) is 0 Å². The molecule has 4 nitrogen and oxygen atoms in total. The number of hydrogen-bond donors (Lipinski definition) is 2. The van der Waals surface area contributed by atoms with Crippen LogP contribution in [-0.2, 0) is 17.8 Å². The molecule has 122 valence electrons. The summed E-state index contributed by atoms with van der Waals surface area (Å²) in [6.07, 6.45) is 2.71. The lowest BCUT2D eigenvalue weighted by Crippen LogP contribution is -2.38. The van der Waals surface area contributed by atoms with Gasteiger partial charge in [-0.2, -0.15) is 0 Å². The number of hydrogen-bond acceptors (Lipinski definition) is 2. The van der Waals surface area contributed by atoms with Crippen LogP contribution in [0.25, 0.3) is 10.9 Å². The zero-order valence-corrected chi connectivity index (χ0v) is 14.6. The second kappa shape index (κ2) is 6.07. The minimum absolute atomic E-state index is 0.651. The number of aliphatic carboxylic acids is 1. The summed E-state index contributed by atoms with van der Waals surface area (Å²) in [6, 6.07) is 13.5. The molecule has 24 heavy (non-hydrogen) atoms. The van der Waals surface area contributed by atoms with Gasteiger partial charge >= 0.3 is 5.97 Å². The Morgan fingerprint density at radius 3 is 2.79 bits per heavy atom. The summed E-state index contributed by atoms with van der Waals surface area (Å²) in [6.45, 7) is 1.41. The lowest BCUT2D eigenvalue weighted by molar-refractivity contribution is -0.144. The van der Waals surface area contributed by atoms with Gasteiger partial charge in [-0.15, -0.1) is 0 Å². The molecule has 0 saturated heterocycles. The highest BCUT2D eigenvalue weighted by molar-refractivity contribution is 9.10. The van der Waals surface area contributed by atoms with Crippen LogP contribution >= 0.6 is 15.9 Å². The predicted octanol–water partition coefficient (Wildman–Crippen LogP) is 4.11. The number of aromatic nitrogens is 1. The van der Waals surface area contributed by atoms with Gasteiger partial charge in [0.1, 0.15) is 6.04 Å². The summed E-state index contributed by atoms with van der Waals surface area (Å²) in [5.41, 5.74) is 4.31. The maximum atomic E-state index is 12.1. The van der Waals surface area contributed by atoms with Crippen LogP contribution in [0.1, 0.15) is 22.7 Å². The smallest absolute Gasteiger partial charge is 0.325 e. The quantitative estimate of drug-likeness (QED) is 0.714. The number of aromatic amines is 1. The molecule has 2 aromatic carbocycles. The molecule has 0 saturated carbocycles. The molecular weight excluding hydrogens is 368 g/mol. The van der Waals surface area contributed by atoms with E-state index in [1.165, 1.54) is 11.1 Å². The fourth-order valence-corrected chi connectivity index (χ4v) is 3.93. The van der Waals surface area contributed by atoms with Gasteiger partial charge in [0.2, 0.25) is 0 Å². The largest absolute Gasteiger partial charge is 0.480 e. The molecular formula is C19H17BrN2O2. The molecule has 0 bridgehead atoms. The van der Waals surface area contributed by atoms with Gasteiger partial charge < -0.3 is 10.1 Å². The van der Waals surface area contributed by atoms with Gasteiger partial charge in [-0.3, -0.25) is 9.69 Å². The van der Waals surface area contributed by atoms with Gasteiger partial charge in [0.25, 0.3) is 0 Å². The van der Waals surface area contributed by atoms with E-state index in [9.17, 15) is 9.90 Å². The highest BCUT2D eigenvalue weighted by Crippen LogP contribution is 2.33. The van der Waals surface area contributed by atoms with E-state index in [0.717, 1.165) is 33.9 Å². The van der Waals surface area contributed by atoms with Crippen LogP contribution in [-0.4, -0.2) is 27.5 Å². The number of halogens is 1. The highest BCUT2D eigenvalue weighted by atomic mass is 79.9. The van der Waals surface area contributed by atoms with E-state index in [0.29, 0.717) is 6.54 Å². The minimum Gasteiger partial charge on any atom is -0.480 e. The first kappa shape index (κ1) is 15.4. The number of H-pyrrole nitrogens is 1. The van der Waals surface area contributed by atoms with Gasteiger partial charge in [0.15, 0.2) is 0 Å². The van der Waals surface area contributed by atoms with E-state index in [4.69, 9.17) is 0 Å². The molecule has 0 radical (unpaired) electrons. The number of benzene rings is 2. The number of carbonyl (C=O) groups is 1. The van der Waals surface area contributed by atoms with E-state index in [2.05, 4.69) is 33.0 Å². The molecule has 1 aliphatic heterocycles. The zero-order chi connectivity index (χ0) is 16.7. The fraction of sp³-hybridized carbons (Fsp3) is 0.211. The topological polar surface area (TPSA) is 56.3 Å². The van der Waals surface area contributed by atoms with Crippen LogP contribution in [0.4, 0.5) is 0 Å². The molecule has 2 N–H and O–H groups in total. The van der Waals surface area contributed by atoms with Crippen molar-refractivity contribution < 1.29 is 9.90 Å². The summed E-state index contributed by atoms with van der Waals surface area (Å²) >= 11 is 3.48. The number of fused-ring (bicyclic) bond motifs is 2. The lowest BCUT2D eigenvalue weighted by Gasteiger charge is -2.33. The maximum absolute atomic E-state index is 12.1. The van der Waals surface area contributed by atoms with Gasteiger partial charge in [-0.25, -0.2) is 0 Å². The Labute approximate surface area is 148 Å². The molecule has 1 aliphatic rings. The molecule has 1 unspecified atom stereocenters. The first-order valence-electron chi connectivity index (χ1n) is 7.93. The standard InChI is InChI=1S/C19H17BrN2O2/c20-14-5-6-17-15(9-14)16(10-21-17)18(19(23)24)22-8-7-12-3-1-2-4-13(12)11-22/h1-6,9-10,18,21H,7-8,11H2,(H,23,24). The lowest BCUT2D eigenvalue weighted by atomic mass is 9.96. The van der Waals surface area contributed by atoms with Crippen molar-refractivity contribution in [2.75, 3.05) is 6.54 Å². The number of nitrogens with zero attached hydrogens (tertiary/aromatic N) is 1. The summed E-state index contributed by atoms with van der Waals surface area (Å²) in [4.78, 5) is 17.3. The molecule has 4 rings (SSSR count). The SMILES string of the molecule is O=C(O)C(c1c[nH]c2ccc(Br)cc12)N1CCc2ccccc2C1. The van der Waals surface area contributed by atoms with Gasteiger partial charge in [0, 0.05) is 40.2 Å². The Kier molecular flexibility index (Phi) is 3.90. The summed E-state index contributed by atoms with van der Waals surface area (Å²) < 4.78 is 0.948. The Balaban J connectivity index is 1.75. The van der Waals surface area contributed by atoms with Crippen molar-refractivity contribution in [1.82, 2.24) is 9.88 Å². The van der Waals surface area contributed by atoms with Crippen molar-refractivity contribution >= 4 is 32.8 Å². The molecule has 0 spiro atoms. The average Bonchev–Trinajstić information content (AvgIpc) is 2.97. The van der Waals surface area contributed by atoms with Crippen molar-refractivity contribution in [2.45, 2.75) is 19.0 Å². The van der Waals surface area contributed by atoms with E-state index in [1.807, 2.05) is 41.4 Å². The number of carboxylic acid groups (broad SMARTS) is 1. The summed E-state index contributed by atoms with van der Waals surface area (Å²) in [7, 11) is 0. The molecule has 1 atom stereocenters. The molecule has 0 aliphatic carbocycles. The second-order valence-corrected chi connectivity index (χ2v) is 7.08. The maximum Gasteiger partial charge on any atom is 0.325 e. The molecule has 5 heteroatoms. The fourth-order valence-electron chi connectivity index (χ4n) is 3.56. The van der Waals surface area contributed by atoms with Crippen molar-refractivity contribution in [3.05, 3.63) is 69.8 Å². The third-order valence-electron chi connectivity index (χ3n) is 4.73. The van der Waals surface area contributed by atoms with E-state index >= 15 is 0 Å². The van der Waals surface area contributed by atoms with Crippen LogP contribution < -0.4 is 0 Å². The van der Waals surface area contributed by atoms with Crippen LogP contribution in [0.5, 0.6) is 0 Å². The third-order valence-corrected chi connectivity index (χ3v) is 5.22. The van der Waals surface area contributed by atoms with Crippen molar-refractivity contribution in [3.63, 3.8) is 0 Å². The van der Waals surface area contributed by atoms with E-state index in [1.54, 1.807) is 0 Å². The number of nitrogens with one attached hydrogen (secondary N) is 1. The highest BCUT2D eigenvalue weighted by Gasteiger charge is 2.31. The molecule has 0 fully saturated rings. The van der Waals surface area contributed by atoms with E-state index < -0.39 is 12.0 Å². The molecule has 2 heterocycles. The van der Waals surface area contributed by atoms with Gasteiger partial charge in [0.05, 0.1) is 0 Å². The number of rotatable bonds is 3.